The molecular formula is C9H14N2O5S. The number of hydrogen-bond donors (Lipinski definition) is 2. The van der Waals surface area contributed by atoms with Crippen LogP contribution in [0.4, 0.5) is 0 Å². The third-order valence-corrected chi connectivity index (χ3v) is 2.71. The summed E-state index contributed by atoms with van der Waals surface area (Å²) in [4.78, 5) is 11.1. The molecule has 0 fully saturated rings. The molecule has 1 aromatic rings. The number of nitrogens with two attached hydrogens (primary N) is 1. The summed E-state index contributed by atoms with van der Waals surface area (Å²) in [5, 5.41) is 7.65. The molecule has 1 heterocycles. The van der Waals surface area contributed by atoms with Crippen molar-refractivity contribution in [3.05, 3.63) is 23.7 Å². The van der Waals surface area contributed by atoms with Crippen LogP contribution in [0.3, 0.4) is 0 Å². The minimum Gasteiger partial charge on any atom is -0.467 e. The molecule has 8 heteroatoms. The summed E-state index contributed by atoms with van der Waals surface area (Å²) in [6.45, 7) is 0.527. The number of esters is 1. The van der Waals surface area contributed by atoms with Crippen molar-refractivity contribution < 1.29 is 22.4 Å². The minimum absolute atomic E-state index is 0.155. The molecule has 0 saturated heterocycles. The fraction of sp³-hybridized carbons (Fsp3) is 0.444. The lowest BCUT2D eigenvalue weighted by Crippen LogP contribution is -2.26. The molecule has 3 N–H and O–H groups in total. The molecule has 0 atom stereocenters. The molecule has 0 saturated carbocycles. The maximum absolute atomic E-state index is 11.1. The zero-order valence-corrected chi connectivity index (χ0v) is 10.1. The molecule has 0 aromatic carbocycles. The van der Waals surface area contributed by atoms with E-state index in [9.17, 15) is 13.2 Å². The van der Waals surface area contributed by atoms with Crippen molar-refractivity contribution >= 4 is 16.0 Å². The lowest BCUT2D eigenvalue weighted by Gasteiger charge is -2.00. The van der Waals surface area contributed by atoms with Crippen LogP contribution in [0.15, 0.2) is 16.7 Å². The highest BCUT2D eigenvalue weighted by Crippen LogP contribution is 2.08. The second kappa shape index (κ2) is 5.80. The van der Waals surface area contributed by atoms with E-state index < -0.39 is 16.0 Å². The fourth-order valence-electron chi connectivity index (χ4n) is 1.12. The van der Waals surface area contributed by atoms with Crippen LogP contribution in [0.25, 0.3) is 0 Å². The van der Waals surface area contributed by atoms with Crippen LogP contribution >= 0.6 is 0 Å². The van der Waals surface area contributed by atoms with Gasteiger partial charge in [0.25, 0.3) is 0 Å². The molecule has 0 bridgehead atoms. The van der Waals surface area contributed by atoms with Crippen LogP contribution in [-0.4, -0.2) is 33.8 Å². The number of primary sulfonamides is 1. The molecule has 17 heavy (non-hydrogen) atoms. The number of carbonyl (C=O) groups is 1. The van der Waals surface area contributed by atoms with Gasteiger partial charge in [0.1, 0.15) is 12.0 Å². The third-order valence-electron chi connectivity index (χ3n) is 1.94. The van der Waals surface area contributed by atoms with Crippen LogP contribution < -0.4 is 10.5 Å². The predicted octanol–water partition coefficient (Wildman–Crippen LogP) is -0.556. The summed E-state index contributed by atoms with van der Waals surface area (Å²) in [6, 6.07) is 1.52. The largest absolute Gasteiger partial charge is 0.467 e. The first kappa shape index (κ1) is 13.7. The molecule has 0 unspecified atom stereocenters. The Balaban J connectivity index is 2.38. The Morgan fingerprint density at radius 2 is 2.29 bits per heavy atom. The van der Waals surface area contributed by atoms with Gasteiger partial charge in [-0.2, -0.15) is 0 Å². The van der Waals surface area contributed by atoms with Crippen molar-refractivity contribution in [3.8, 4) is 0 Å². The first-order valence-electron chi connectivity index (χ1n) is 4.79. The van der Waals surface area contributed by atoms with Crippen molar-refractivity contribution in [3.63, 3.8) is 0 Å². The van der Waals surface area contributed by atoms with Crippen LogP contribution in [0.1, 0.15) is 16.1 Å². The van der Waals surface area contributed by atoms with Crippen LogP contribution in [0, 0.1) is 0 Å². The van der Waals surface area contributed by atoms with E-state index >= 15 is 0 Å². The van der Waals surface area contributed by atoms with Gasteiger partial charge in [-0.3, -0.25) is 0 Å². The monoisotopic (exact) mass is 262 g/mol. The van der Waals surface area contributed by atoms with Gasteiger partial charge in [-0.05, 0) is 6.07 Å². The van der Waals surface area contributed by atoms with Gasteiger partial charge in [0.05, 0.1) is 25.0 Å². The first-order chi connectivity index (χ1) is 7.92. The predicted molar refractivity (Wildman–Crippen MR) is 59.7 cm³/mol. The summed E-state index contributed by atoms with van der Waals surface area (Å²) in [5.41, 5.74) is 0.316. The quantitative estimate of drug-likeness (QED) is 0.525. The van der Waals surface area contributed by atoms with Gasteiger partial charge in [0.15, 0.2) is 0 Å². The van der Waals surface area contributed by atoms with E-state index in [0.29, 0.717) is 17.9 Å². The van der Waals surface area contributed by atoms with Gasteiger partial charge >= 0.3 is 5.97 Å². The standard InChI is InChI=1S/C9H14N2O5S/c1-15-9(12)7-4-8(16-6-7)5-11-2-3-17(10,13)14/h4,6,11H,2-3,5H2,1H3,(H2,10,13,14). The van der Waals surface area contributed by atoms with E-state index in [4.69, 9.17) is 9.56 Å². The normalized spacial score (nSPS) is 11.4. The number of ether oxygens (including phenoxy) is 1. The molecule has 0 aliphatic rings. The first-order valence-corrected chi connectivity index (χ1v) is 6.51. The van der Waals surface area contributed by atoms with Crippen molar-refractivity contribution in [1.29, 1.82) is 0 Å². The van der Waals surface area contributed by atoms with E-state index in [1.165, 1.54) is 19.4 Å². The molecule has 1 rings (SSSR count). The molecule has 0 amide bonds. The molecule has 0 aliphatic carbocycles. The molecule has 0 spiro atoms. The van der Waals surface area contributed by atoms with E-state index in [-0.39, 0.29) is 12.3 Å². The Morgan fingerprint density at radius 3 is 2.88 bits per heavy atom. The average molecular weight is 262 g/mol. The van der Waals surface area contributed by atoms with Crippen molar-refractivity contribution in [2.45, 2.75) is 6.54 Å². The van der Waals surface area contributed by atoms with E-state index in [0.717, 1.165) is 0 Å². The zero-order valence-electron chi connectivity index (χ0n) is 9.30. The highest BCUT2D eigenvalue weighted by Gasteiger charge is 2.10. The van der Waals surface area contributed by atoms with Gasteiger partial charge in [0, 0.05) is 6.54 Å². The van der Waals surface area contributed by atoms with E-state index in [2.05, 4.69) is 10.1 Å². The molecule has 0 radical (unpaired) electrons. The minimum atomic E-state index is -3.46. The Hall–Kier alpha value is -1.38. The number of furan rings is 1. The Bertz CT molecular complexity index is 479. The maximum Gasteiger partial charge on any atom is 0.341 e. The summed E-state index contributed by atoms with van der Waals surface area (Å²) >= 11 is 0. The number of sulfonamides is 1. The number of nitrogens with one attached hydrogen (secondary N) is 1. The maximum atomic E-state index is 11.1. The van der Waals surface area contributed by atoms with Crippen LogP contribution in [0.5, 0.6) is 0 Å². The topological polar surface area (TPSA) is 112 Å². The van der Waals surface area contributed by atoms with Gasteiger partial charge in [-0.25, -0.2) is 18.4 Å². The van der Waals surface area contributed by atoms with Gasteiger partial charge in [0.2, 0.25) is 10.0 Å². The van der Waals surface area contributed by atoms with Gasteiger partial charge < -0.3 is 14.5 Å². The van der Waals surface area contributed by atoms with E-state index in [1.54, 1.807) is 0 Å². The van der Waals surface area contributed by atoms with Crippen molar-refractivity contribution in [1.82, 2.24) is 5.32 Å². The number of methoxy groups -OCH3 is 1. The molecule has 0 aliphatic heterocycles. The van der Waals surface area contributed by atoms with E-state index in [1.807, 2.05) is 0 Å². The fourth-order valence-corrected chi connectivity index (χ4v) is 1.55. The Kier molecular flexibility index (Phi) is 4.67. The molecule has 1 aromatic heterocycles. The lowest BCUT2D eigenvalue weighted by atomic mass is 10.3. The second-order valence-electron chi connectivity index (χ2n) is 3.34. The highest BCUT2D eigenvalue weighted by molar-refractivity contribution is 7.89. The van der Waals surface area contributed by atoms with Gasteiger partial charge in [-0.15, -0.1) is 0 Å². The number of carbonyl (C=O) groups excluding carboxylic acids is 1. The molecular weight excluding hydrogens is 248 g/mol. The highest BCUT2D eigenvalue weighted by atomic mass is 32.2. The number of hydrogen-bond acceptors (Lipinski definition) is 6. The SMILES string of the molecule is COC(=O)c1coc(CNCCS(N)(=O)=O)c1. The summed E-state index contributed by atoms with van der Waals surface area (Å²) in [6.07, 6.45) is 1.28. The Morgan fingerprint density at radius 1 is 1.59 bits per heavy atom. The zero-order chi connectivity index (χ0) is 12.9. The smallest absolute Gasteiger partial charge is 0.341 e. The average Bonchev–Trinajstić information content (AvgIpc) is 2.70. The molecule has 7 nitrogen and oxygen atoms in total. The van der Waals surface area contributed by atoms with Crippen molar-refractivity contribution in [2.24, 2.45) is 5.14 Å². The lowest BCUT2D eigenvalue weighted by molar-refractivity contribution is 0.0600. The summed E-state index contributed by atoms with van der Waals surface area (Å²) < 4.78 is 30.8. The summed E-state index contributed by atoms with van der Waals surface area (Å²) in [7, 11) is -2.18. The molecule has 96 valence electrons. The number of rotatable bonds is 6. The van der Waals surface area contributed by atoms with Crippen LogP contribution in [0.2, 0.25) is 0 Å². The summed E-state index contributed by atoms with van der Waals surface area (Å²) in [5.74, 6) is -0.123. The van der Waals surface area contributed by atoms with Crippen LogP contribution in [-0.2, 0) is 21.3 Å². The third kappa shape index (κ3) is 4.98. The Labute approximate surface area is 99.0 Å². The van der Waals surface area contributed by atoms with Gasteiger partial charge in [-0.1, -0.05) is 0 Å². The van der Waals surface area contributed by atoms with Crippen molar-refractivity contribution in [2.75, 3.05) is 19.4 Å². The second-order valence-corrected chi connectivity index (χ2v) is 5.07.